The van der Waals surface area contributed by atoms with Crippen molar-refractivity contribution in [3.8, 4) is 0 Å². The number of fused-ring (bicyclic) bond motifs is 1. The summed E-state index contributed by atoms with van der Waals surface area (Å²) in [6, 6.07) is 23.8. The van der Waals surface area contributed by atoms with Crippen LogP contribution >= 0.6 is 0 Å². The molecule has 0 spiro atoms. The Kier molecular flexibility index (Phi) is 7.34. The van der Waals surface area contributed by atoms with Crippen molar-refractivity contribution in [3.05, 3.63) is 116 Å². The molecule has 0 aliphatic carbocycles. The molecule has 7 nitrogen and oxygen atoms in total. The quantitative estimate of drug-likeness (QED) is 0.392. The van der Waals surface area contributed by atoms with Crippen LogP contribution in [-0.4, -0.2) is 35.3 Å². The molecule has 1 aromatic heterocycles. The van der Waals surface area contributed by atoms with Crippen LogP contribution in [0.4, 0.5) is 0 Å². The number of hydrogen-bond acceptors (Lipinski definition) is 4. The van der Waals surface area contributed by atoms with E-state index in [9.17, 15) is 14.4 Å². The largest absolute Gasteiger partial charge is 0.385 e. The monoisotopic (exact) mass is 457 g/mol. The zero-order valence-electron chi connectivity index (χ0n) is 19.1. The first-order chi connectivity index (χ1) is 16.6. The van der Waals surface area contributed by atoms with E-state index in [1.54, 1.807) is 54.1 Å². The summed E-state index contributed by atoms with van der Waals surface area (Å²) in [5.41, 5.74) is 2.17. The summed E-state index contributed by atoms with van der Waals surface area (Å²) in [4.78, 5) is 38.9. The smallest absolute Gasteiger partial charge is 0.332 e. The van der Waals surface area contributed by atoms with Gasteiger partial charge in [0.2, 0.25) is 0 Å². The fourth-order valence-corrected chi connectivity index (χ4v) is 3.89. The van der Waals surface area contributed by atoms with E-state index in [1.165, 1.54) is 4.57 Å². The molecule has 7 heteroatoms. The second-order valence-corrected chi connectivity index (χ2v) is 8.06. The Morgan fingerprint density at radius 2 is 1.47 bits per heavy atom. The van der Waals surface area contributed by atoms with Crippen molar-refractivity contribution in [2.75, 3.05) is 20.3 Å². The highest BCUT2D eigenvalue weighted by atomic mass is 16.5. The lowest BCUT2D eigenvalue weighted by Crippen LogP contribution is -2.40. The zero-order valence-corrected chi connectivity index (χ0v) is 19.1. The van der Waals surface area contributed by atoms with E-state index in [0.29, 0.717) is 36.2 Å². The van der Waals surface area contributed by atoms with E-state index in [-0.39, 0.29) is 23.7 Å². The van der Waals surface area contributed by atoms with Gasteiger partial charge in [-0.1, -0.05) is 54.6 Å². The average Bonchev–Trinajstić information content (AvgIpc) is 2.88. The number of carbonyl (C=O) groups excluding carboxylic acids is 1. The van der Waals surface area contributed by atoms with Gasteiger partial charge in [0.1, 0.15) is 0 Å². The summed E-state index contributed by atoms with van der Waals surface area (Å²) in [6.45, 7) is 1.60. The van der Waals surface area contributed by atoms with Crippen LogP contribution in [0.5, 0.6) is 0 Å². The number of nitrogens with zero attached hydrogens (tertiary/aromatic N) is 2. The Balaban J connectivity index is 1.63. The van der Waals surface area contributed by atoms with Gasteiger partial charge in [-0.25, -0.2) is 4.79 Å². The number of methoxy groups -OCH3 is 1. The minimum absolute atomic E-state index is 0.118. The summed E-state index contributed by atoms with van der Waals surface area (Å²) in [5.74, 6) is -0.171. The Bertz CT molecular complexity index is 1390. The topological polar surface area (TPSA) is 82.3 Å². The number of nitrogens with one attached hydrogen (secondary N) is 1. The number of benzene rings is 3. The number of ether oxygens (including phenoxy) is 1. The summed E-state index contributed by atoms with van der Waals surface area (Å²) < 4.78 is 7.87. The van der Waals surface area contributed by atoms with Crippen LogP contribution in [-0.2, 0) is 17.8 Å². The Morgan fingerprint density at radius 1 is 0.824 bits per heavy atom. The van der Waals surface area contributed by atoms with Crippen LogP contribution < -0.4 is 16.6 Å². The van der Waals surface area contributed by atoms with Gasteiger partial charge in [-0.3, -0.25) is 18.7 Å². The Morgan fingerprint density at radius 3 is 2.21 bits per heavy atom. The van der Waals surface area contributed by atoms with E-state index in [1.807, 2.05) is 36.4 Å². The SMILES string of the molecule is COCCCNC(=O)c1ccc(Cn2c(=O)c3ccccc3n(Cc3ccccc3)c2=O)cc1. The van der Waals surface area contributed by atoms with E-state index < -0.39 is 0 Å². The Hall–Kier alpha value is -3.97. The van der Waals surface area contributed by atoms with Gasteiger partial charge in [0.05, 0.1) is 24.0 Å². The van der Waals surface area contributed by atoms with E-state index in [2.05, 4.69) is 5.32 Å². The summed E-state index contributed by atoms with van der Waals surface area (Å²) in [6.07, 6.45) is 0.737. The average molecular weight is 458 g/mol. The molecule has 174 valence electrons. The third-order valence-electron chi connectivity index (χ3n) is 5.68. The van der Waals surface area contributed by atoms with Crippen molar-refractivity contribution in [1.82, 2.24) is 14.5 Å². The molecule has 0 saturated heterocycles. The number of amides is 1. The third kappa shape index (κ3) is 5.15. The minimum Gasteiger partial charge on any atom is -0.385 e. The van der Waals surface area contributed by atoms with Gasteiger partial charge in [0.15, 0.2) is 0 Å². The summed E-state index contributed by atoms with van der Waals surface area (Å²) >= 11 is 0. The maximum atomic E-state index is 13.4. The molecule has 0 fully saturated rings. The molecule has 0 saturated carbocycles. The number of hydrogen-bond donors (Lipinski definition) is 1. The van der Waals surface area contributed by atoms with Gasteiger partial charge in [-0.2, -0.15) is 0 Å². The number of para-hydroxylation sites is 1. The van der Waals surface area contributed by atoms with Crippen molar-refractivity contribution in [2.45, 2.75) is 19.5 Å². The maximum Gasteiger partial charge on any atom is 0.332 e. The fraction of sp³-hybridized carbons (Fsp3) is 0.222. The molecule has 3 aromatic carbocycles. The van der Waals surface area contributed by atoms with Crippen LogP contribution in [0.3, 0.4) is 0 Å². The van der Waals surface area contributed by atoms with Crippen molar-refractivity contribution in [3.63, 3.8) is 0 Å². The Labute approximate surface area is 197 Å². The molecular weight excluding hydrogens is 430 g/mol. The van der Waals surface area contributed by atoms with Crippen molar-refractivity contribution in [2.24, 2.45) is 0 Å². The minimum atomic E-state index is -0.368. The van der Waals surface area contributed by atoms with E-state index in [0.717, 1.165) is 17.5 Å². The van der Waals surface area contributed by atoms with Gasteiger partial charge in [0.25, 0.3) is 11.5 Å². The lowest BCUT2D eigenvalue weighted by molar-refractivity contribution is 0.0948. The molecule has 34 heavy (non-hydrogen) atoms. The highest BCUT2D eigenvalue weighted by Crippen LogP contribution is 2.11. The van der Waals surface area contributed by atoms with Crippen molar-refractivity contribution in [1.29, 1.82) is 0 Å². The standard InChI is InChI=1S/C27H27N3O4/c1-34-17-7-16-28-25(31)22-14-12-21(13-15-22)19-30-26(32)23-10-5-6-11-24(23)29(27(30)33)18-20-8-3-2-4-9-20/h2-6,8-15H,7,16-19H2,1H3,(H,28,31). The lowest BCUT2D eigenvalue weighted by Gasteiger charge is -2.14. The van der Waals surface area contributed by atoms with Gasteiger partial charge >= 0.3 is 5.69 Å². The predicted molar refractivity (Wildman–Crippen MR) is 132 cm³/mol. The molecule has 0 unspecified atom stereocenters. The molecule has 1 amide bonds. The van der Waals surface area contributed by atoms with Crippen LogP contribution in [0.1, 0.15) is 27.9 Å². The lowest BCUT2D eigenvalue weighted by atomic mass is 10.1. The molecule has 0 aliphatic rings. The van der Waals surface area contributed by atoms with E-state index >= 15 is 0 Å². The number of rotatable bonds is 9. The maximum absolute atomic E-state index is 13.4. The molecule has 1 N–H and O–H groups in total. The molecular formula is C27H27N3O4. The van der Waals surface area contributed by atoms with Gasteiger partial charge in [-0.05, 0) is 41.8 Å². The van der Waals surface area contributed by atoms with Crippen LogP contribution in [0.25, 0.3) is 10.9 Å². The van der Waals surface area contributed by atoms with Crippen molar-refractivity contribution < 1.29 is 9.53 Å². The molecule has 4 aromatic rings. The summed E-state index contributed by atoms with van der Waals surface area (Å²) in [7, 11) is 1.62. The van der Waals surface area contributed by atoms with Crippen molar-refractivity contribution >= 4 is 16.8 Å². The van der Waals surface area contributed by atoms with Crippen LogP contribution in [0.2, 0.25) is 0 Å². The van der Waals surface area contributed by atoms with Crippen LogP contribution in [0.15, 0.2) is 88.5 Å². The molecule has 0 aliphatic heterocycles. The molecule has 0 radical (unpaired) electrons. The third-order valence-corrected chi connectivity index (χ3v) is 5.68. The fourth-order valence-electron chi connectivity index (χ4n) is 3.89. The van der Waals surface area contributed by atoms with Gasteiger partial charge in [0, 0.05) is 25.8 Å². The van der Waals surface area contributed by atoms with E-state index in [4.69, 9.17) is 4.74 Å². The summed E-state index contributed by atoms with van der Waals surface area (Å²) in [5, 5.41) is 3.34. The highest BCUT2D eigenvalue weighted by Gasteiger charge is 2.14. The molecule has 4 rings (SSSR count). The van der Waals surface area contributed by atoms with Gasteiger partial charge < -0.3 is 10.1 Å². The number of aromatic nitrogens is 2. The zero-order chi connectivity index (χ0) is 23.9. The first-order valence-electron chi connectivity index (χ1n) is 11.2. The molecule has 0 bridgehead atoms. The van der Waals surface area contributed by atoms with Crippen LogP contribution in [0, 0.1) is 0 Å². The number of carbonyl (C=O) groups is 1. The molecule has 1 heterocycles. The molecule has 0 atom stereocenters. The predicted octanol–water partition coefficient (Wildman–Crippen LogP) is 3.03. The van der Waals surface area contributed by atoms with Gasteiger partial charge in [-0.15, -0.1) is 0 Å². The first-order valence-corrected chi connectivity index (χ1v) is 11.2. The normalized spacial score (nSPS) is 11.0. The first kappa shape index (κ1) is 23.2. The second-order valence-electron chi connectivity index (χ2n) is 8.06. The highest BCUT2D eigenvalue weighted by molar-refractivity contribution is 5.94. The second kappa shape index (κ2) is 10.8.